The molecule has 0 spiro atoms. The quantitative estimate of drug-likeness (QED) is 0.572. The second kappa shape index (κ2) is 2.25. The standard InChI is InChI=1S/C7H9N3/c1-2-6-4-8-5-10-7(6)9-3-1/h4-5H,1-3H2,(H,8,9,10). The van der Waals surface area contributed by atoms with Crippen molar-refractivity contribution in [1.82, 2.24) is 9.97 Å². The predicted octanol–water partition coefficient (Wildman–Crippen LogP) is 0.835. The smallest absolute Gasteiger partial charge is 0.132 e. The molecule has 10 heavy (non-hydrogen) atoms. The monoisotopic (exact) mass is 135 g/mol. The normalized spacial score (nSPS) is 15.6. The number of hydrogen-bond acceptors (Lipinski definition) is 3. The number of nitrogens with zero attached hydrogens (tertiary/aromatic N) is 2. The summed E-state index contributed by atoms with van der Waals surface area (Å²) in [5, 5.41) is 3.21. The minimum absolute atomic E-state index is 1.02. The van der Waals surface area contributed by atoms with Crippen LogP contribution in [0, 0.1) is 0 Å². The molecule has 1 aliphatic rings. The Morgan fingerprint density at radius 3 is 3.40 bits per heavy atom. The van der Waals surface area contributed by atoms with E-state index in [2.05, 4.69) is 15.3 Å². The fourth-order valence-electron chi connectivity index (χ4n) is 1.19. The molecule has 0 saturated heterocycles. The molecular formula is C7H9N3. The maximum absolute atomic E-state index is 4.10. The van der Waals surface area contributed by atoms with Gasteiger partial charge in [-0.15, -0.1) is 0 Å². The van der Waals surface area contributed by atoms with Gasteiger partial charge in [-0.05, 0) is 12.8 Å². The van der Waals surface area contributed by atoms with E-state index >= 15 is 0 Å². The number of aromatic nitrogens is 2. The van der Waals surface area contributed by atoms with Crippen LogP contribution in [0.5, 0.6) is 0 Å². The molecule has 0 atom stereocenters. The molecule has 0 fully saturated rings. The Morgan fingerprint density at radius 1 is 1.50 bits per heavy atom. The number of rotatable bonds is 0. The number of hydrogen-bond donors (Lipinski definition) is 1. The van der Waals surface area contributed by atoms with Gasteiger partial charge in [0.2, 0.25) is 0 Å². The van der Waals surface area contributed by atoms with Crippen LogP contribution in [-0.4, -0.2) is 16.5 Å². The van der Waals surface area contributed by atoms with E-state index in [1.165, 1.54) is 12.0 Å². The van der Waals surface area contributed by atoms with Crippen molar-refractivity contribution in [3.63, 3.8) is 0 Å². The van der Waals surface area contributed by atoms with Crippen LogP contribution in [0.1, 0.15) is 12.0 Å². The zero-order chi connectivity index (χ0) is 6.81. The van der Waals surface area contributed by atoms with Gasteiger partial charge in [-0.2, -0.15) is 0 Å². The van der Waals surface area contributed by atoms with Gasteiger partial charge in [-0.3, -0.25) is 0 Å². The van der Waals surface area contributed by atoms with E-state index in [0.717, 1.165) is 18.8 Å². The van der Waals surface area contributed by atoms with Gasteiger partial charge < -0.3 is 5.32 Å². The molecule has 0 aromatic carbocycles. The Hall–Kier alpha value is -1.12. The van der Waals surface area contributed by atoms with E-state index in [4.69, 9.17) is 0 Å². The summed E-state index contributed by atoms with van der Waals surface area (Å²) in [5.41, 5.74) is 1.24. The molecule has 1 aliphatic heterocycles. The lowest BCUT2D eigenvalue weighted by Gasteiger charge is -2.14. The fourth-order valence-corrected chi connectivity index (χ4v) is 1.19. The van der Waals surface area contributed by atoms with Crippen LogP contribution in [-0.2, 0) is 6.42 Å². The summed E-state index contributed by atoms with van der Waals surface area (Å²) in [6.45, 7) is 1.05. The summed E-state index contributed by atoms with van der Waals surface area (Å²) in [6, 6.07) is 0. The van der Waals surface area contributed by atoms with Gasteiger partial charge in [-0.25, -0.2) is 9.97 Å². The van der Waals surface area contributed by atoms with Crippen molar-refractivity contribution in [3.05, 3.63) is 18.1 Å². The van der Waals surface area contributed by atoms with E-state index in [0.29, 0.717) is 0 Å². The van der Waals surface area contributed by atoms with Crippen LogP contribution in [0.25, 0.3) is 0 Å². The van der Waals surface area contributed by atoms with Crippen LogP contribution >= 0.6 is 0 Å². The first kappa shape index (κ1) is 5.65. The van der Waals surface area contributed by atoms with Crippen molar-refractivity contribution in [1.29, 1.82) is 0 Å². The summed E-state index contributed by atoms with van der Waals surface area (Å²) in [4.78, 5) is 8.04. The van der Waals surface area contributed by atoms with Crippen LogP contribution in [0.2, 0.25) is 0 Å². The summed E-state index contributed by atoms with van der Waals surface area (Å²) in [5.74, 6) is 1.02. The molecule has 2 rings (SSSR count). The Balaban J connectivity index is 2.41. The van der Waals surface area contributed by atoms with E-state index in [1.54, 1.807) is 6.33 Å². The van der Waals surface area contributed by atoms with Crippen LogP contribution in [0.4, 0.5) is 5.82 Å². The zero-order valence-corrected chi connectivity index (χ0v) is 5.67. The summed E-state index contributed by atoms with van der Waals surface area (Å²) in [6.07, 6.45) is 5.77. The molecule has 1 aromatic heterocycles. The van der Waals surface area contributed by atoms with Crippen LogP contribution in [0.15, 0.2) is 12.5 Å². The third-order valence-corrected chi connectivity index (χ3v) is 1.70. The number of nitrogens with one attached hydrogen (secondary N) is 1. The maximum Gasteiger partial charge on any atom is 0.132 e. The zero-order valence-electron chi connectivity index (χ0n) is 5.67. The molecule has 1 N–H and O–H groups in total. The second-order valence-electron chi connectivity index (χ2n) is 2.43. The molecule has 52 valence electrons. The van der Waals surface area contributed by atoms with E-state index in [-0.39, 0.29) is 0 Å². The Labute approximate surface area is 59.5 Å². The number of anilines is 1. The topological polar surface area (TPSA) is 37.8 Å². The lowest BCUT2D eigenvalue weighted by Crippen LogP contribution is -2.13. The molecule has 0 saturated carbocycles. The highest BCUT2D eigenvalue weighted by Gasteiger charge is 2.07. The molecule has 0 amide bonds. The van der Waals surface area contributed by atoms with E-state index in [1.807, 2.05) is 6.20 Å². The van der Waals surface area contributed by atoms with Crippen molar-refractivity contribution in [2.24, 2.45) is 0 Å². The lowest BCUT2D eigenvalue weighted by molar-refractivity contribution is 0.808. The third-order valence-electron chi connectivity index (χ3n) is 1.70. The fraction of sp³-hybridized carbons (Fsp3) is 0.429. The summed E-state index contributed by atoms with van der Waals surface area (Å²) < 4.78 is 0. The number of fused-ring (bicyclic) bond motifs is 1. The second-order valence-corrected chi connectivity index (χ2v) is 2.43. The van der Waals surface area contributed by atoms with Crippen molar-refractivity contribution < 1.29 is 0 Å². The van der Waals surface area contributed by atoms with Crippen LogP contribution in [0.3, 0.4) is 0 Å². The van der Waals surface area contributed by atoms with Gasteiger partial charge in [0.1, 0.15) is 12.1 Å². The largest absolute Gasteiger partial charge is 0.370 e. The van der Waals surface area contributed by atoms with Crippen molar-refractivity contribution in [3.8, 4) is 0 Å². The maximum atomic E-state index is 4.10. The Morgan fingerprint density at radius 2 is 2.50 bits per heavy atom. The molecule has 0 bridgehead atoms. The molecule has 0 aliphatic carbocycles. The first-order chi connectivity index (χ1) is 4.97. The van der Waals surface area contributed by atoms with Gasteiger partial charge in [-0.1, -0.05) is 0 Å². The Bertz CT molecular complexity index is 209. The minimum atomic E-state index is 1.02. The summed E-state index contributed by atoms with van der Waals surface area (Å²) in [7, 11) is 0. The lowest BCUT2D eigenvalue weighted by atomic mass is 10.1. The molecule has 3 nitrogen and oxygen atoms in total. The third kappa shape index (κ3) is 0.835. The molecule has 0 radical (unpaired) electrons. The molecule has 0 unspecified atom stereocenters. The highest BCUT2D eigenvalue weighted by molar-refractivity contribution is 5.43. The average Bonchev–Trinajstić information content (AvgIpc) is 2.05. The molecule has 3 heteroatoms. The van der Waals surface area contributed by atoms with Gasteiger partial charge in [0.05, 0.1) is 0 Å². The molecule has 1 aromatic rings. The first-order valence-electron chi connectivity index (χ1n) is 3.49. The molecular weight excluding hydrogens is 126 g/mol. The van der Waals surface area contributed by atoms with E-state index < -0.39 is 0 Å². The van der Waals surface area contributed by atoms with Gasteiger partial charge in [0, 0.05) is 18.3 Å². The first-order valence-corrected chi connectivity index (χ1v) is 3.49. The van der Waals surface area contributed by atoms with Gasteiger partial charge >= 0.3 is 0 Å². The van der Waals surface area contributed by atoms with Gasteiger partial charge in [0.25, 0.3) is 0 Å². The van der Waals surface area contributed by atoms with Crippen LogP contribution < -0.4 is 5.32 Å². The van der Waals surface area contributed by atoms with Crippen molar-refractivity contribution in [2.75, 3.05) is 11.9 Å². The van der Waals surface area contributed by atoms with Gasteiger partial charge in [0.15, 0.2) is 0 Å². The average molecular weight is 135 g/mol. The van der Waals surface area contributed by atoms with Crippen molar-refractivity contribution >= 4 is 5.82 Å². The SMILES string of the molecule is c1ncc2c(n1)NCCC2. The number of aryl methyl sites for hydroxylation is 1. The minimum Gasteiger partial charge on any atom is -0.370 e. The molecule has 2 heterocycles. The highest BCUT2D eigenvalue weighted by atomic mass is 15.0. The predicted molar refractivity (Wildman–Crippen MR) is 38.8 cm³/mol. The Kier molecular flexibility index (Phi) is 1.27. The van der Waals surface area contributed by atoms with Crippen molar-refractivity contribution in [2.45, 2.75) is 12.8 Å². The highest BCUT2D eigenvalue weighted by Crippen LogP contribution is 2.15. The summed E-state index contributed by atoms with van der Waals surface area (Å²) >= 11 is 0. The van der Waals surface area contributed by atoms with E-state index in [9.17, 15) is 0 Å².